The third kappa shape index (κ3) is 3.07. The van der Waals surface area contributed by atoms with Gasteiger partial charge in [-0.2, -0.15) is 0 Å². The third-order valence-electron chi connectivity index (χ3n) is 3.13. The molecule has 0 aromatic heterocycles. The Balaban J connectivity index is 2.14. The van der Waals surface area contributed by atoms with Crippen LogP contribution in [-0.2, 0) is 6.54 Å². The summed E-state index contributed by atoms with van der Waals surface area (Å²) in [4.78, 5) is 4.54. The largest absolute Gasteiger partial charge is 0.288 e. The monoisotopic (exact) mass is 237 g/mol. The summed E-state index contributed by atoms with van der Waals surface area (Å²) >= 11 is 0. The van der Waals surface area contributed by atoms with E-state index in [-0.39, 0.29) is 0 Å². The van der Waals surface area contributed by atoms with Crippen molar-refractivity contribution in [3.05, 3.63) is 70.3 Å². The maximum absolute atomic E-state index is 4.54. The number of aryl methyl sites for hydroxylation is 3. The van der Waals surface area contributed by atoms with Gasteiger partial charge in [0, 0.05) is 6.21 Å². The van der Waals surface area contributed by atoms with E-state index in [2.05, 4.69) is 50.0 Å². The van der Waals surface area contributed by atoms with Gasteiger partial charge in [0.1, 0.15) is 0 Å². The summed E-state index contributed by atoms with van der Waals surface area (Å²) in [5.74, 6) is 0. The van der Waals surface area contributed by atoms with Crippen LogP contribution in [0.3, 0.4) is 0 Å². The lowest BCUT2D eigenvalue weighted by Crippen LogP contribution is -1.94. The molecule has 2 rings (SSSR count). The quantitative estimate of drug-likeness (QED) is 0.708. The molecule has 18 heavy (non-hydrogen) atoms. The molecule has 0 spiro atoms. The molecular formula is C17H19N. The Morgan fingerprint density at radius 3 is 2.17 bits per heavy atom. The smallest absolute Gasteiger partial charge is 0.0645 e. The van der Waals surface area contributed by atoms with Crippen LogP contribution in [0.1, 0.15) is 27.8 Å². The highest BCUT2D eigenvalue weighted by molar-refractivity contribution is 5.79. The van der Waals surface area contributed by atoms with E-state index in [1.807, 2.05) is 24.4 Å². The van der Waals surface area contributed by atoms with Crippen LogP contribution in [0.15, 0.2) is 47.5 Å². The molecule has 1 heteroatoms. The van der Waals surface area contributed by atoms with Crippen LogP contribution in [0.5, 0.6) is 0 Å². The zero-order valence-electron chi connectivity index (χ0n) is 11.3. The first-order valence-electron chi connectivity index (χ1n) is 6.28. The first kappa shape index (κ1) is 12.6. The van der Waals surface area contributed by atoms with E-state index in [0.29, 0.717) is 0 Å². The summed E-state index contributed by atoms with van der Waals surface area (Å²) in [6.07, 6.45) is 1.94. The summed E-state index contributed by atoms with van der Waals surface area (Å²) in [5, 5.41) is 0. The summed E-state index contributed by atoms with van der Waals surface area (Å²) in [7, 11) is 0. The van der Waals surface area contributed by atoms with Gasteiger partial charge in [-0.25, -0.2) is 0 Å². The molecule has 0 saturated heterocycles. The molecule has 2 aromatic rings. The normalized spacial score (nSPS) is 11.1. The van der Waals surface area contributed by atoms with Gasteiger partial charge in [0.2, 0.25) is 0 Å². The predicted octanol–water partition coefficient (Wildman–Crippen LogP) is 4.23. The lowest BCUT2D eigenvalue weighted by Gasteiger charge is -2.08. The van der Waals surface area contributed by atoms with Gasteiger partial charge < -0.3 is 0 Å². The van der Waals surface area contributed by atoms with Crippen molar-refractivity contribution < 1.29 is 0 Å². The van der Waals surface area contributed by atoms with Gasteiger partial charge in [-0.15, -0.1) is 0 Å². The number of rotatable bonds is 3. The SMILES string of the molecule is Cc1cc(C)c(CN=Cc2ccccc2)c(C)c1. The fourth-order valence-corrected chi connectivity index (χ4v) is 2.24. The molecule has 0 atom stereocenters. The maximum Gasteiger partial charge on any atom is 0.0645 e. The Hall–Kier alpha value is -1.89. The lowest BCUT2D eigenvalue weighted by molar-refractivity contribution is 1.03. The molecule has 0 unspecified atom stereocenters. The second kappa shape index (κ2) is 5.63. The molecule has 1 nitrogen and oxygen atoms in total. The highest BCUT2D eigenvalue weighted by Gasteiger charge is 2.02. The predicted molar refractivity (Wildman–Crippen MR) is 78.4 cm³/mol. The number of hydrogen-bond acceptors (Lipinski definition) is 1. The van der Waals surface area contributed by atoms with Crippen molar-refractivity contribution in [3.63, 3.8) is 0 Å². The van der Waals surface area contributed by atoms with Crippen LogP contribution in [0.25, 0.3) is 0 Å². The summed E-state index contributed by atoms with van der Waals surface area (Å²) in [5.41, 5.74) is 6.48. The minimum absolute atomic E-state index is 0.757. The zero-order valence-corrected chi connectivity index (χ0v) is 11.3. The van der Waals surface area contributed by atoms with E-state index in [4.69, 9.17) is 0 Å². The second-order valence-corrected chi connectivity index (χ2v) is 4.76. The Bertz CT molecular complexity index is 530. The van der Waals surface area contributed by atoms with E-state index in [1.165, 1.54) is 22.3 Å². The van der Waals surface area contributed by atoms with Crippen molar-refractivity contribution in [2.45, 2.75) is 27.3 Å². The van der Waals surface area contributed by atoms with Gasteiger partial charge >= 0.3 is 0 Å². The van der Waals surface area contributed by atoms with Crippen LogP contribution in [0.4, 0.5) is 0 Å². The molecule has 2 aromatic carbocycles. The summed E-state index contributed by atoms with van der Waals surface area (Å²) in [6, 6.07) is 14.7. The molecule has 0 N–H and O–H groups in total. The van der Waals surface area contributed by atoms with Crippen molar-refractivity contribution in [2.75, 3.05) is 0 Å². The van der Waals surface area contributed by atoms with E-state index >= 15 is 0 Å². The zero-order chi connectivity index (χ0) is 13.0. The van der Waals surface area contributed by atoms with Gasteiger partial charge in [0.15, 0.2) is 0 Å². The van der Waals surface area contributed by atoms with Crippen LogP contribution in [0, 0.1) is 20.8 Å². The van der Waals surface area contributed by atoms with Gasteiger partial charge in [-0.3, -0.25) is 4.99 Å². The van der Waals surface area contributed by atoms with E-state index in [0.717, 1.165) is 12.1 Å². The Morgan fingerprint density at radius 2 is 1.56 bits per heavy atom. The minimum atomic E-state index is 0.757. The highest BCUT2D eigenvalue weighted by atomic mass is 14.7. The molecule has 0 amide bonds. The Kier molecular flexibility index (Phi) is 3.93. The number of nitrogens with zero attached hydrogens (tertiary/aromatic N) is 1. The first-order valence-corrected chi connectivity index (χ1v) is 6.28. The molecule has 0 bridgehead atoms. The Labute approximate surface area is 109 Å². The van der Waals surface area contributed by atoms with Crippen LogP contribution in [0.2, 0.25) is 0 Å². The fourth-order valence-electron chi connectivity index (χ4n) is 2.24. The lowest BCUT2D eigenvalue weighted by atomic mass is 10.00. The maximum atomic E-state index is 4.54. The van der Waals surface area contributed by atoms with E-state index in [9.17, 15) is 0 Å². The summed E-state index contributed by atoms with van der Waals surface area (Å²) < 4.78 is 0. The molecule has 0 aliphatic carbocycles. The van der Waals surface area contributed by atoms with Gasteiger partial charge in [-0.05, 0) is 43.0 Å². The average Bonchev–Trinajstić information content (AvgIpc) is 2.34. The minimum Gasteiger partial charge on any atom is -0.288 e. The van der Waals surface area contributed by atoms with E-state index < -0.39 is 0 Å². The molecule has 0 saturated carbocycles. The molecule has 0 fully saturated rings. The molecule has 92 valence electrons. The fraction of sp³-hybridized carbons (Fsp3) is 0.235. The van der Waals surface area contributed by atoms with Crippen LogP contribution >= 0.6 is 0 Å². The first-order chi connectivity index (χ1) is 8.66. The standard InChI is InChI=1S/C17H19N/c1-13-9-14(2)17(15(3)10-13)12-18-11-16-7-5-4-6-8-16/h4-11H,12H2,1-3H3. The molecule has 0 heterocycles. The van der Waals surface area contributed by atoms with Crippen molar-refractivity contribution in [1.29, 1.82) is 0 Å². The van der Waals surface area contributed by atoms with Crippen molar-refractivity contribution in [1.82, 2.24) is 0 Å². The number of hydrogen-bond donors (Lipinski definition) is 0. The number of aliphatic imine (C=N–C) groups is 1. The summed E-state index contributed by atoms with van der Waals surface area (Å²) in [6.45, 7) is 7.21. The van der Waals surface area contributed by atoms with Gasteiger partial charge in [0.25, 0.3) is 0 Å². The molecular weight excluding hydrogens is 218 g/mol. The number of benzene rings is 2. The van der Waals surface area contributed by atoms with Gasteiger partial charge in [0.05, 0.1) is 6.54 Å². The molecule has 0 aliphatic heterocycles. The molecule has 0 aliphatic rings. The van der Waals surface area contributed by atoms with Crippen molar-refractivity contribution in [3.8, 4) is 0 Å². The Morgan fingerprint density at radius 1 is 0.944 bits per heavy atom. The van der Waals surface area contributed by atoms with Crippen molar-refractivity contribution >= 4 is 6.21 Å². The van der Waals surface area contributed by atoms with Crippen LogP contribution < -0.4 is 0 Å². The average molecular weight is 237 g/mol. The van der Waals surface area contributed by atoms with E-state index in [1.54, 1.807) is 0 Å². The topological polar surface area (TPSA) is 12.4 Å². The molecule has 0 radical (unpaired) electrons. The van der Waals surface area contributed by atoms with Crippen molar-refractivity contribution in [2.24, 2.45) is 4.99 Å². The van der Waals surface area contributed by atoms with Crippen LogP contribution in [-0.4, -0.2) is 6.21 Å². The third-order valence-corrected chi connectivity index (χ3v) is 3.13. The highest BCUT2D eigenvalue weighted by Crippen LogP contribution is 2.17. The van der Waals surface area contributed by atoms with Gasteiger partial charge in [-0.1, -0.05) is 48.0 Å². The second-order valence-electron chi connectivity index (χ2n) is 4.76.